The second kappa shape index (κ2) is 3.30. The normalized spacial score (nSPS) is 15.1. The molecule has 0 amide bonds. The number of rotatable bonds is 0. The highest BCUT2D eigenvalue weighted by atomic mass is 19.1. The Kier molecular flexibility index (Phi) is 2.11. The third kappa shape index (κ3) is 1.65. The summed E-state index contributed by atoms with van der Waals surface area (Å²) in [4.78, 5) is 11.6. The van der Waals surface area contributed by atoms with Crippen molar-refractivity contribution >= 4 is 17.7 Å². The maximum Gasteiger partial charge on any atom is 0.279 e. The van der Waals surface area contributed by atoms with Gasteiger partial charge in [-0.1, -0.05) is 4.68 Å². The largest absolute Gasteiger partial charge is 0.394 e. The Morgan fingerprint density at radius 2 is 2.40 bits per heavy atom. The molecule has 0 aliphatic carbocycles. The van der Waals surface area contributed by atoms with Crippen molar-refractivity contribution in [2.24, 2.45) is 5.10 Å². The zero-order chi connectivity index (χ0) is 11.0. The van der Waals surface area contributed by atoms with E-state index in [-0.39, 0.29) is 5.69 Å². The number of pyridine rings is 1. The Hall–Kier alpha value is -1.98. The van der Waals surface area contributed by atoms with E-state index in [0.717, 1.165) is 16.8 Å². The monoisotopic (exact) mass is 209 g/mol. The average Bonchev–Trinajstić information content (AvgIpc) is 2.58. The highest BCUT2D eigenvalue weighted by Gasteiger charge is 2.17. The van der Waals surface area contributed by atoms with E-state index in [0.29, 0.717) is 12.3 Å². The van der Waals surface area contributed by atoms with Crippen LogP contribution in [-0.4, -0.2) is 28.3 Å². The van der Waals surface area contributed by atoms with Crippen LogP contribution < -0.4 is 11.3 Å². The van der Waals surface area contributed by atoms with Crippen LogP contribution in [0.1, 0.15) is 6.42 Å². The van der Waals surface area contributed by atoms with E-state index in [1.807, 2.05) is 0 Å². The summed E-state index contributed by atoms with van der Waals surface area (Å²) in [5.74, 6) is -0.0851. The van der Waals surface area contributed by atoms with Crippen LogP contribution in [0.2, 0.25) is 0 Å². The Bertz CT molecular complexity index is 529. The van der Waals surface area contributed by atoms with Crippen molar-refractivity contribution in [3.05, 3.63) is 28.4 Å². The van der Waals surface area contributed by atoms with Crippen molar-refractivity contribution in [2.45, 2.75) is 6.42 Å². The first-order valence-corrected chi connectivity index (χ1v) is 4.39. The van der Waals surface area contributed by atoms with Crippen LogP contribution in [-0.2, 0) is 0 Å². The molecule has 1 aromatic heterocycles. The van der Waals surface area contributed by atoms with Crippen LogP contribution >= 0.6 is 0 Å². The zero-order valence-electron chi connectivity index (χ0n) is 8.14. The summed E-state index contributed by atoms with van der Waals surface area (Å²) in [6.45, 7) is 0. The van der Waals surface area contributed by atoms with Crippen molar-refractivity contribution in [3.8, 4) is 0 Å². The Morgan fingerprint density at radius 3 is 3.00 bits per heavy atom. The topological polar surface area (TPSA) is 63.4 Å². The fourth-order valence-electron chi connectivity index (χ4n) is 1.38. The lowest BCUT2D eigenvalue weighted by molar-refractivity contribution is -0.494. The zero-order valence-corrected chi connectivity index (χ0v) is 8.14. The second-order valence-electron chi connectivity index (χ2n) is 3.27. The number of aromatic nitrogens is 1. The molecule has 2 N–H and O–H groups in total. The molecule has 2 heterocycles. The first kappa shape index (κ1) is 9.57. The van der Waals surface area contributed by atoms with Gasteiger partial charge in [-0.3, -0.25) is 9.36 Å². The van der Waals surface area contributed by atoms with Gasteiger partial charge in [0.1, 0.15) is 11.5 Å². The Balaban J connectivity index is 2.55. The summed E-state index contributed by atoms with van der Waals surface area (Å²) in [5.41, 5.74) is 4.81. The lowest BCUT2D eigenvalue weighted by atomic mass is 10.3. The van der Waals surface area contributed by atoms with Crippen LogP contribution in [0.3, 0.4) is 0 Å². The van der Waals surface area contributed by atoms with E-state index in [1.165, 1.54) is 0 Å². The standard InChI is InChI=1S/C9H10FN4O/c1-13-3-2-8(12-13)14-5-6(10)4-7(11)9(14)15/h3-5H,2,11H2,1H3/q+1. The van der Waals surface area contributed by atoms with Gasteiger partial charge in [-0.05, 0) is 0 Å². The number of hydrazone groups is 1. The van der Waals surface area contributed by atoms with Gasteiger partial charge in [-0.15, -0.1) is 0 Å². The number of nitrogen functional groups attached to an aromatic ring is 1. The van der Waals surface area contributed by atoms with Gasteiger partial charge < -0.3 is 5.73 Å². The van der Waals surface area contributed by atoms with Gasteiger partial charge in [0.2, 0.25) is 0 Å². The van der Waals surface area contributed by atoms with Gasteiger partial charge in [-0.2, -0.15) is 0 Å². The molecule has 6 heteroatoms. The fourth-order valence-corrected chi connectivity index (χ4v) is 1.38. The molecular weight excluding hydrogens is 199 g/mol. The quantitative estimate of drug-likeness (QED) is 0.604. The third-order valence-corrected chi connectivity index (χ3v) is 2.10. The Morgan fingerprint density at radius 1 is 1.67 bits per heavy atom. The van der Waals surface area contributed by atoms with Gasteiger partial charge in [0.05, 0.1) is 6.42 Å². The van der Waals surface area contributed by atoms with Crippen LogP contribution in [0.5, 0.6) is 0 Å². The summed E-state index contributed by atoms with van der Waals surface area (Å²) in [7, 11) is 1.74. The van der Waals surface area contributed by atoms with E-state index < -0.39 is 11.4 Å². The van der Waals surface area contributed by atoms with Crippen molar-refractivity contribution in [2.75, 3.05) is 12.8 Å². The number of anilines is 1. The highest BCUT2D eigenvalue weighted by molar-refractivity contribution is 5.95. The van der Waals surface area contributed by atoms with Crippen LogP contribution in [0.4, 0.5) is 10.1 Å². The number of hydrogen-bond donors (Lipinski definition) is 1. The Labute approximate surface area is 85.0 Å². The second-order valence-corrected chi connectivity index (χ2v) is 3.27. The fraction of sp³-hybridized carbons (Fsp3) is 0.222. The molecule has 15 heavy (non-hydrogen) atoms. The predicted molar refractivity (Wildman–Crippen MR) is 54.8 cm³/mol. The first-order chi connectivity index (χ1) is 7.08. The van der Waals surface area contributed by atoms with Crippen molar-refractivity contribution in [1.29, 1.82) is 0 Å². The molecule has 0 fully saturated rings. The molecule has 0 saturated carbocycles. The van der Waals surface area contributed by atoms with Crippen molar-refractivity contribution in [1.82, 2.24) is 4.57 Å². The van der Waals surface area contributed by atoms with E-state index in [1.54, 1.807) is 17.9 Å². The van der Waals surface area contributed by atoms with Gasteiger partial charge in [0.15, 0.2) is 19.1 Å². The summed E-state index contributed by atoms with van der Waals surface area (Å²) in [5, 5.41) is 4.04. The highest BCUT2D eigenvalue weighted by Crippen LogP contribution is 2.02. The molecule has 0 bridgehead atoms. The number of nitrogens with zero attached hydrogens (tertiary/aromatic N) is 3. The first-order valence-electron chi connectivity index (χ1n) is 4.39. The molecule has 0 spiro atoms. The molecule has 1 aromatic rings. The molecule has 0 unspecified atom stereocenters. The van der Waals surface area contributed by atoms with Crippen LogP contribution in [0.25, 0.3) is 0 Å². The molecule has 0 atom stereocenters. The predicted octanol–water partition coefficient (Wildman–Crippen LogP) is -0.152. The molecule has 1 aliphatic heterocycles. The minimum Gasteiger partial charge on any atom is -0.394 e. The van der Waals surface area contributed by atoms with E-state index in [9.17, 15) is 9.18 Å². The van der Waals surface area contributed by atoms with E-state index in [4.69, 9.17) is 5.73 Å². The smallest absolute Gasteiger partial charge is 0.279 e. The number of nitrogens with two attached hydrogens (primary N) is 1. The van der Waals surface area contributed by atoms with Crippen LogP contribution in [0.15, 0.2) is 22.2 Å². The SMILES string of the molecule is C[N+]1=CCC(n2cc(F)cc(N)c2=O)=N1. The number of halogens is 1. The molecule has 0 radical (unpaired) electrons. The average molecular weight is 209 g/mol. The minimum absolute atomic E-state index is 0.118. The van der Waals surface area contributed by atoms with E-state index in [2.05, 4.69) is 5.10 Å². The maximum absolute atomic E-state index is 13.0. The summed E-state index contributed by atoms with van der Waals surface area (Å²) < 4.78 is 15.7. The number of hydrogen-bond acceptors (Lipinski definition) is 3. The molecule has 78 valence electrons. The molecule has 0 saturated heterocycles. The summed E-state index contributed by atoms with van der Waals surface area (Å²) >= 11 is 0. The van der Waals surface area contributed by atoms with Crippen LogP contribution in [0, 0.1) is 5.82 Å². The van der Waals surface area contributed by atoms with Gasteiger partial charge in [-0.25, -0.2) is 4.39 Å². The van der Waals surface area contributed by atoms with E-state index >= 15 is 0 Å². The molecular formula is C9H10FN4O+. The maximum atomic E-state index is 13.0. The molecule has 5 nitrogen and oxygen atoms in total. The lowest BCUT2D eigenvalue weighted by Gasteiger charge is -2.02. The third-order valence-electron chi connectivity index (χ3n) is 2.10. The van der Waals surface area contributed by atoms with Gasteiger partial charge >= 0.3 is 0 Å². The molecule has 2 rings (SSSR count). The summed E-state index contributed by atoms with van der Waals surface area (Å²) in [6.07, 6.45) is 3.35. The van der Waals surface area contributed by atoms with Gasteiger partial charge in [0, 0.05) is 17.4 Å². The minimum atomic E-state index is -0.552. The lowest BCUT2D eigenvalue weighted by Crippen LogP contribution is -2.28. The molecule has 1 aliphatic rings. The summed E-state index contributed by atoms with van der Waals surface area (Å²) in [6, 6.07) is 1.00. The molecule has 0 aromatic carbocycles. The van der Waals surface area contributed by atoms with Crippen molar-refractivity contribution in [3.63, 3.8) is 0 Å². The van der Waals surface area contributed by atoms with Crippen molar-refractivity contribution < 1.29 is 9.07 Å². The van der Waals surface area contributed by atoms with Gasteiger partial charge in [0.25, 0.3) is 5.56 Å².